The summed E-state index contributed by atoms with van der Waals surface area (Å²) >= 11 is 1.27. The van der Waals surface area contributed by atoms with Gasteiger partial charge in [0.25, 0.3) is 0 Å². The standard InChI is InChI=1S/C15H16N2O2S/c1-10(18)20-13-7-15(19)17(9-13)8-12-6-11-4-2-3-5-14(11)16-12/h2-6,13,16H,7-9H2,1H3. The minimum atomic E-state index is 0.0789. The van der Waals surface area contributed by atoms with E-state index in [-0.39, 0.29) is 16.3 Å². The number of carbonyl (C=O) groups is 2. The minimum Gasteiger partial charge on any atom is -0.357 e. The number of hydrogen-bond donors (Lipinski definition) is 1. The zero-order valence-electron chi connectivity index (χ0n) is 11.3. The van der Waals surface area contributed by atoms with Gasteiger partial charge in [0.15, 0.2) is 5.12 Å². The van der Waals surface area contributed by atoms with E-state index >= 15 is 0 Å². The van der Waals surface area contributed by atoms with Gasteiger partial charge in [0.2, 0.25) is 5.91 Å². The zero-order valence-corrected chi connectivity index (χ0v) is 12.1. The summed E-state index contributed by atoms with van der Waals surface area (Å²) in [5.74, 6) is 0.127. The normalized spacial score (nSPS) is 18.9. The van der Waals surface area contributed by atoms with Gasteiger partial charge in [0, 0.05) is 36.3 Å². The minimum absolute atomic E-state index is 0.0789. The van der Waals surface area contributed by atoms with E-state index in [1.807, 2.05) is 23.1 Å². The highest BCUT2D eigenvalue weighted by Crippen LogP contribution is 2.26. The SMILES string of the molecule is CC(=O)SC1CC(=O)N(Cc2cc3ccccc3[nH]2)C1. The fraction of sp³-hybridized carbons (Fsp3) is 0.333. The summed E-state index contributed by atoms with van der Waals surface area (Å²) in [6.45, 7) is 2.79. The highest BCUT2D eigenvalue weighted by molar-refractivity contribution is 8.14. The van der Waals surface area contributed by atoms with Crippen molar-refractivity contribution in [1.82, 2.24) is 9.88 Å². The molecule has 1 N–H and O–H groups in total. The van der Waals surface area contributed by atoms with Crippen LogP contribution in [0.25, 0.3) is 10.9 Å². The Hall–Kier alpha value is -1.75. The highest BCUT2D eigenvalue weighted by Gasteiger charge is 2.31. The Labute approximate surface area is 121 Å². The van der Waals surface area contributed by atoms with Crippen LogP contribution in [0.15, 0.2) is 30.3 Å². The predicted octanol–water partition coefficient (Wildman–Crippen LogP) is 2.55. The van der Waals surface area contributed by atoms with Crippen molar-refractivity contribution >= 4 is 33.7 Å². The fourth-order valence-electron chi connectivity index (χ4n) is 2.63. The Kier molecular flexibility index (Phi) is 3.53. The molecule has 1 fully saturated rings. The molecule has 3 rings (SSSR count). The molecule has 2 heterocycles. The van der Waals surface area contributed by atoms with Crippen LogP contribution in [0.3, 0.4) is 0 Å². The maximum absolute atomic E-state index is 12.0. The number of nitrogens with one attached hydrogen (secondary N) is 1. The number of aromatic amines is 1. The first kappa shape index (κ1) is 13.2. The summed E-state index contributed by atoms with van der Waals surface area (Å²) in [6, 6.07) is 10.1. The number of nitrogens with zero attached hydrogens (tertiary/aromatic N) is 1. The Morgan fingerprint density at radius 3 is 3.00 bits per heavy atom. The Bertz CT molecular complexity index is 632. The van der Waals surface area contributed by atoms with Crippen LogP contribution in [0.5, 0.6) is 0 Å². The van der Waals surface area contributed by atoms with Crippen LogP contribution in [0.2, 0.25) is 0 Å². The number of H-pyrrole nitrogens is 1. The third kappa shape index (κ3) is 2.72. The molecule has 4 nitrogen and oxygen atoms in total. The number of amides is 1. The summed E-state index contributed by atoms with van der Waals surface area (Å²) in [5, 5.41) is 1.34. The molecule has 1 unspecified atom stereocenters. The largest absolute Gasteiger partial charge is 0.357 e. The average molecular weight is 288 g/mol. The first-order valence-corrected chi connectivity index (χ1v) is 7.51. The Morgan fingerprint density at radius 2 is 2.25 bits per heavy atom. The molecule has 1 aromatic carbocycles. The van der Waals surface area contributed by atoms with Gasteiger partial charge in [-0.2, -0.15) is 0 Å². The molecule has 1 aliphatic rings. The van der Waals surface area contributed by atoms with Gasteiger partial charge in [-0.25, -0.2) is 0 Å². The van der Waals surface area contributed by atoms with E-state index in [1.54, 1.807) is 6.92 Å². The molecule has 1 aliphatic heterocycles. The number of para-hydroxylation sites is 1. The van der Waals surface area contributed by atoms with E-state index in [9.17, 15) is 9.59 Å². The van der Waals surface area contributed by atoms with Crippen LogP contribution >= 0.6 is 11.8 Å². The first-order valence-electron chi connectivity index (χ1n) is 6.63. The number of thioether (sulfide) groups is 1. The van der Waals surface area contributed by atoms with E-state index < -0.39 is 0 Å². The number of carbonyl (C=O) groups excluding carboxylic acids is 2. The molecular weight excluding hydrogens is 272 g/mol. The lowest BCUT2D eigenvalue weighted by Gasteiger charge is -2.15. The van der Waals surface area contributed by atoms with Crippen molar-refractivity contribution in [1.29, 1.82) is 0 Å². The van der Waals surface area contributed by atoms with Crippen molar-refractivity contribution in [2.75, 3.05) is 6.54 Å². The molecule has 5 heteroatoms. The molecular formula is C15H16N2O2S. The Balaban J connectivity index is 1.71. The maximum Gasteiger partial charge on any atom is 0.224 e. The van der Waals surface area contributed by atoms with Crippen LogP contribution in [-0.4, -0.2) is 32.7 Å². The summed E-state index contributed by atoms with van der Waals surface area (Å²) in [6.07, 6.45) is 0.463. The number of benzene rings is 1. The molecule has 2 aromatic rings. The van der Waals surface area contributed by atoms with Crippen molar-refractivity contribution in [2.45, 2.75) is 25.1 Å². The number of rotatable bonds is 3. The van der Waals surface area contributed by atoms with Crippen LogP contribution in [0, 0.1) is 0 Å². The monoisotopic (exact) mass is 288 g/mol. The lowest BCUT2D eigenvalue weighted by molar-refractivity contribution is -0.128. The predicted molar refractivity (Wildman–Crippen MR) is 80.4 cm³/mol. The third-order valence-electron chi connectivity index (χ3n) is 3.46. The van der Waals surface area contributed by atoms with Crippen LogP contribution in [-0.2, 0) is 16.1 Å². The van der Waals surface area contributed by atoms with Gasteiger partial charge in [-0.15, -0.1) is 0 Å². The van der Waals surface area contributed by atoms with Gasteiger partial charge < -0.3 is 9.88 Å². The molecule has 104 valence electrons. The third-order valence-corrected chi connectivity index (χ3v) is 4.44. The van der Waals surface area contributed by atoms with Crippen molar-refractivity contribution < 1.29 is 9.59 Å². The van der Waals surface area contributed by atoms with Crippen LogP contribution in [0.1, 0.15) is 19.0 Å². The average Bonchev–Trinajstić information content (AvgIpc) is 2.92. The molecule has 1 atom stereocenters. The second kappa shape index (κ2) is 5.32. The summed E-state index contributed by atoms with van der Waals surface area (Å²) < 4.78 is 0. The maximum atomic E-state index is 12.0. The van der Waals surface area contributed by atoms with Crippen molar-refractivity contribution in [3.8, 4) is 0 Å². The molecule has 20 heavy (non-hydrogen) atoms. The van der Waals surface area contributed by atoms with E-state index in [0.29, 0.717) is 19.5 Å². The molecule has 1 saturated heterocycles. The number of aromatic nitrogens is 1. The zero-order chi connectivity index (χ0) is 14.1. The van der Waals surface area contributed by atoms with Gasteiger partial charge >= 0.3 is 0 Å². The van der Waals surface area contributed by atoms with Crippen molar-refractivity contribution in [2.24, 2.45) is 0 Å². The molecule has 0 bridgehead atoms. The lowest BCUT2D eigenvalue weighted by Crippen LogP contribution is -2.25. The summed E-state index contributed by atoms with van der Waals surface area (Å²) in [5.41, 5.74) is 2.12. The van der Waals surface area contributed by atoms with E-state index in [1.165, 1.54) is 11.8 Å². The van der Waals surface area contributed by atoms with Crippen LogP contribution < -0.4 is 0 Å². The van der Waals surface area contributed by atoms with Gasteiger partial charge in [-0.3, -0.25) is 9.59 Å². The summed E-state index contributed by atoms with van der Waals surface area (Å²) in [7, 11) is 0. The quantitative estimate of drug-likeness (QED) is 0.944. The van der Waals surface area contributed by atoms with E-state index in [4.69, 9.17) is 0 Å². The van der Waals surface area contributed by atoms with Crippen molar-refractivity contribution in [3.05, 3.63) is 36.0 Å². The number of likely N-dealkylation sites (tertiary alicyclic amines) is 1. The highest BCUT2D eigenvalue weighted by atomic mass is 32.2. The second-order valence-electron chi connectivity index (χ2n) is 5.09. The van der Waals surface area contributed by atoms with Crippen molar-refractivity contribution in [3.63, 3.8) is 0 Å². The first-order chi connectivity index (χ1) is 9.61. The second-order valence-corrected chi connectivity index (χ2v) is 6.57. The lowest BCUT2D eigenvalue weighted by atomic mass is 10.2. The van der Waals surface area contributed by atoms with Gasteiger partial charge in [-0.05, 0) is 17.5 Å². The molecule has 0 spiro atoms. The summed E-state index contributed by atoms with van der Waals surface area (Å²) in [4.78, 5) is 28.2. The molecule has 1 amide bonds. The number of hydrogen-bond acceptors (Lipinski definition) is 3. The topological polar surface area (TPSA) is 53.2 Å². The molecule has 0 aliphatic carbocycles. The Morgan fingerprint density at radius 1 is 1.45 bits per heavy atom. The van der Waals surface area contributed by atoms with Crippen LogP contribution in [0.4, 0.5) is 0 Å². The van der Waals surface area contributed by atoms with Gasteiger partial charge in [0.1, 0.15) is 0 Å². The van der Waals surface area contributed by atoms with E-state index in [0.717, 1.165) is 16.6 Å². The van der Waals surface area contributed by atoms with Gasteiger partial charge in [0.05, 0.1) is 6.54 Å². The van der Waals surface area contributed by atoms with Gasteiger partial charge in [-0.1, -0.05) is 30.0 Å². The number of fused-ring (bicyclic) bond motifs is 1. The fourth-order valence-corrected chi connectivity index (χ4v) is 3.58. The molecule has 0 saturated carbocycles. The van der Waals surface area contributed by atoms with E-state index in [2.05, 4.69) is 17.1 Å². The molecule has 0 radical (unpaired) electrons. The smallest absolute Gasteiger partial charge is 0.224 e. The molecule has 1 aromatic heterocycles.